The summed E-state index contributed by atoms with van der Waals surface area (Å²) in [6.07, 6.45) is 2.76. The normalized spacial score (nSPS) is 10.4. The van der Waals surface area contributed by atoms with E-state index in [4.69, 9.17) is 14.2 Å². The zero-order chi connectivity index (χ0) is 14.8. The smallest absolute Gasteiger partial charge is 0.203 e. The van der Waals surface area contributed by atoms with E-state index in [1.165, 1.54) is 0 Å². The molecule has 0 aliphatic heterocycles. The maximum Gasteiger partial charge on any atom is 0.203 e. The number of aliphatic hydroxyl groups is 1. The molecule has 0 atom stereocenters. The Morgan fingerprint density at radius 1 is 0.800 bits per heavy atom. The van der Waals surface area contributed by atoms with Crippen LogP contribution >= 0.6 is 0 Å². The molecule has 0 aromatic heterocycles. The third-order valence-corrected chi connectivity index (χ3v) is 2.64. The standard InChI is InChI=1S/C16H26O4/c1-4-7-18-14-10-13(12-17)11-15(19-8-5-2)16(14)20-9-6-3/h10-11,17H,4-9,12H2,1-3H3. The quantitative estimate of drug-likeness (QED) is 0.713. The van der Waals surface area contributed by atoms with Crippen LogP contribution in [-0.2, 0) is 6.61 Å². The Hall–Kier alpha value is -1.42. The van der Waals surface area contributed by atoms with Gasteiger partial charge in [0.25, 0.3) is 0 Å². The molecule has 0 aliphatic rings. The second-order valence-corrected chi connectivity index (χ2v) is 4.62. The third kappa shape index (κ3) is 4.93. The van der Waals surface area contributed by atoms with Crippen molar-refractivity contribution in [3.05, 3.63) is 17.7 Å². The molecule has 0 aliphatic carbocycles. The lowest BCUT2D eigenvalue weighted by molar-refractivity contribution is 0.239. The van der Waals surface area contributed by atoms with Crippen molar-refractivity contribution in [3.63, 3.8) is 0 Å². The van der Waals surface area contributed by atoms with Crippen molar-refractivity contribution < 1.29 is 19.3 Å². The molecule has 4 heteroatoms. The lowest BCUT2D eigenvalue weighted by atomic mass is 10.2. The number of rotatable bonds is 10. The first-order valence-corrected chi connectivity index (χ1v) is 7.42. The maximum absolute atomic E-state index is 9.35. The Morgan fingerprint density at radius 2 is 1.25 bits per heavy atom. The Kier molecular flexibility index (Phi) is 7.88. The van der Waals surface area contributed by atoms with Gasteiger partial charge in [-0.3, -0.25) is 0 Å². The summed E-state index contributed by atoms with van der Waals surface area (Å²) >= 11 is 0. The molecule has 0 saturated heterocycles. The largest absolute Gasteiger partial charge is 0.490 e. The first-order chi connectivity index (χ1) is 9.76. The fourth-order valence-corrected chi connectivity index (χ4v) is 1.71. The van der Waals surface area contributed by atoms with Gasteiger partial charge in [0.15, 0.2) is 11.5 Å². The summed E-state index contributed by atoms with van der Waals surface area (Å²) in [6, 6.07) is 3.64. The molecular formula is C16H26O4. The molecule has 0 radical (unpaired) electrons. The van der Waals surface area contributed by atoms with E-state index >= 15 is 0 Å². The Labute approximate surface area is 121 Å². The van der Waals surface area contributed by atoms with E-state index in [0.717, 1.165) is 24.8 Å². The summed E-state index contributed by atoms with van der Waals surface area (Å²) in [4.78, 5) is 0. The van der Waals surface area contributed by atoms with Gasteiger partial charge >= 0.3 is 0 Å². The molecule has 0 saturated carbocycles. The monoisotopic (exact) mass is 282 g/mol. The highest BCUT2D eigenvalue weighted by atomic mass is 16.5. The minimum Gasteiger partial charge on any atom is -0.490 e. The highest BCUT2D eigenvalue weighted by molar-refractivity contribution is 5.53. The zero-order valence-electron chi connectivity index (χ0n) is 12.8. The first kappa shape index (κ1) is 16.6. The minimum absolute atomic E-state index is 0.0426. The SMILES string of the molecule is CCCOc1cc(CO)cc(OCCC)c1OCCC. The molecule has 4 nitrogen and oxygen atoms in total. The van der Waals surface area contributed by atoms with E-state index in [1.807, 2.05) is 12.1 Å². The second kappa shape index (κ2) is 9.48. The van der Waals surface area contributed by atoms with Crippen molar-refractivity contribution in [1.82, 2.24) is 0 Å². The van der Waals surface area contributed by atoms with Gasteiger partial charge in [-0.2, -0.15) is 0 Å². The van der Waals surface area contributed by atoms with Crippen LogP contribution in [0.25, 0.3) is 0 Å². The van der Waals surface area contributed by atoms with E-state index in [2.05, 4.69) is 20.8 Å². The van der Waals surface area contributed by atoms with E-state index in [1.54, 1.807) is 0 Å². The van der Waals surface area contributed by atoms with Crippen LogP contribution in [0.2, 0.25) is 0 Å². The summed E-state index contributed by atoms with van der Waals surface area (Å²) in [5, 5.41) is 9.35. The van der Waals surface area contributed by atoms with E-state index in [9.17, 15) is 5.11 Å². The van der Waals surface area contributed by atoms with Crippen LogP contribution < -0.4 is 14.2 Å². The van der Waals surface area contributed by atoms with Crippen molar-refractivity contribution in [2.75, 3.05) is 19.8 Å². The Bertz CT molecular complexity index is 361. The average molecular weight is 282 g/mol. The predicted molar refractivity (Wildman–Crippen MR) is 79.7 cm³/mol. The summed E-state index contributed by atoms with van der Waals surface area (Å²) in [6.45, 7) is 7.97. The molecule has 1 N–H and O–H groups in total. The van der Waals surface area contributed by atoms with Gasteiger partial charge in [0.05, 0.1) is 26.4 Å². The van der Waals surface area contributed by atoms with Gasteiger partial charge in [0.2, 0.25) is 5.75 Å². The van der Waals surface area contributed by atoms with Gasteiger partial charge < -0.3 is 19.3 Å². The van der Waals surface area contributed by atoms with Crippen LogP contribution in [0.5, 0.6) is 17.2 Å². The highest BCUT2D eigenvalue weighted by Gasteiger charge is 2.15. The molecule has 0 fully saturated rings. The molecule has 0 amide bonds. The van der Waals surface area contributed by atoms with Crippen LogP contribution in [0.1, 0.15) is 45.6 Å². The summed E-state index contributed by atoms with van der Waals surface area (Å²) in [7, 11) is 0. The molecule has 20 heavy (non-hydrogen) atoms. The summed E-state index contributed by atoms with van der Waals surface area (Å²) in [5.41, 5.74) is 0.769. The predicted octanol–water partition coefficient (Wildman–Crippen LogP) is 3.55. The molecule has 0 bridgehead atoms. The average Bonchev–Trinajstić information content (AvgIpc) is 2.48. The van der Waals surface area contributed by atoms with Crippen LogP contribution in [0.3, 0.4) is 0 Å². The zero-order valence-corrected chi connectivity index (χ0v) is 12.8. The lowest BCUT2D eigenvalue weighted by Gasteiger charge is -2.17. The number of hydrogen-bond acceptors (Lipinski definition) is 4. The molecule has 0 spiro atoms. The molecule has 1 aromatic rings. The van der Waals surface area contributed by atoms with Gasteiger partial charge in [-0.25, -0.2) is 0 Å². The van der Waals surface area contributed by atoms with Crippen molar-refractivity contribution in [1.29, 1.82) is 0 Å². The van der Waals surface area contributed by atoms with Crippen LogP contribution in [0.15, 0.2) is 12.1 Å². The van der Waals surface area contributed by atoms with Gasteiger partial charge in [0.1, 0.15) is 0 Å². The fraction of sp³-hybridized carbons (Fsp3) is 0.625. The van der Waals surface area contributed by atoms with E-state index in [-0.39, 0.29) is 6.61 Å². The van der Waals surface area contributed by atoms with Gasteiger partial charge in [-0.05, 0) is 37.0 Å². The minimum atomic E-state index is -0.0426. The van der Waals surface area contributed by atoms with Crippen molar-refractivity contribution >= 4 is 0 Å². The number of aliphatic hydroxyl groups excluding tert-OH is 1. The highest BCUT2D eigenvalue weighted by Crippen LogP contribution is 2.39. The summed E-state index contributed by atoms with van der Waals surface area (Å²) < 4.78 is 17.2. The summed E-state index contributed by atoms with van der Waals surface area (Å²) in [5.74, 6) is 1.95. The van der Waals surface area contributed by atoms with Crippen molar-refractivity contribution in [2.24, 2.45) is 0 Å². The van der Waals surface area contributed by atoms with Gasteiger partial charge in [-0.1, -0.05) is 20.8 Å². The van der Waals surface area contributed by atoms with Gasteiger partial charge in [0, 0.05) is 0 Å². The van der Waals surface area contributed by atoms with E-state index < -0.39 is 0 Å². The van der Waals surface area contributed by atoms with Crippen LogP contribution in [0.4, 0.5) is 0 Å². The topological polar surface area (TPSA) is 47.9 Å². The molecule has 1 rings (SSSR count). The van der Waals surface area contributed by atoms with Gasteiger partial charge in [-0.15, -0.1) is 0 Å². The Balaban J connectivity index is 3.06. The molecule has 0 heterocycles. The first-order valence-electron chi connectivity index (χ1n) is 7.42. The van der Waals surface area contributed by atoms with Crippen molar-refractivity contribution in [2.45, 2.75) is 46.6 Å². The molecular weight excluding hydrogens is 256 g/mol. The maximum atomic E-state index is 9.35. The third-order valence-electron chi connectivity index (χ3n) is 2.64. The number of hydrogen-bond donors (Lipinski definition) is 1. The van der Waals surface area contributed by atoms with E-state index in [0.29, 0.717) is 37.1 Å². The molecule has 114 valence electrons. The fourth-order valence-electron chi connectivity index (χ4n) is 1.71. The molecule has 0 unspecified atom stereocenters. The molecule has 1 aromatic carbocycles. The Morgan fingerprint density at radius 3 is 1.65 bits per heavy atom. The second-order valence-electron chi connectivity index (χ2n) is 4.62. The lowest BCUT2D eigenvalue weighted by Crippen LogP contribution is -2.06. The number of ether oxygens (including phenoxy) is 3. The number of benzene rings is 1. The van der Waals surface area contributed by atoms with Crippen LogP contribution in [-0.4, -0.2) is 24.9 Å². The van der Waals surface area contributed by atoms with Crippen molar-refractivity contribution in [3.8, 4) is 17.2 Å². The van der Waals surface area contributed by atoms with Crippen LogP contribution in [0, 0.1) is 0 Å².